The smallest absolute Gasteiger partial charge is 0.253 e. The number of halogens is 2. The Morgan fingerprint density at radius 2 is 1.86 bits per heavy atom. The lowest BCUT2D eigenvalue weighted by Gasteiger charge is -2.27. The fraction of sp³-hybridized carbons (Fsp3) is 0.500. The number of nitrogens with one attached hydrogen (secondary N) is 1. The van der Waals surface area contributed by atoms with E-state index in [0.29, 0.717) is 22.2 Å². The molecule has 118 valence electrons. The van der Waals surface area contributed by atoms with E-state index in [4.69, 9.17) is 23.2 Å². The summed E-state index contributed by atoms with van der Waals surface area (Å²) in [7, 11) is 3.64. The van der Waals surface area contributed by atoms with Gasteiger partial charge in [0, 0.05) is 23.1 Å². The van der Waals surface area contributed by atoms with Crippen molar-refractivity contribution >= 4 is 29.1 Å². The van der Waals surface area contributed by atoms with Gasteiger partial charge in [0.25, 0.3) is 5.91 Å². The lowest BCUT2D eigenvalue weighted by atomic mass is 10.1. The zero-order chi connectivity index (χ0) is 16.2. The largest absolute Gasteiger partial charge is 0.387 e. The predicted octanol–water partition coefficient (Wildman–Crippen LogP) is 1.46. The lowest BCUT2D eigenvalue weighted by Crippen LogP contribution is -2.48. The summed E-state index contributed by atoms with van der Waals surface area (Å²) in [6.45, 7) is 2.01. The minimum atomic E-state index is -1.39. The van der Waals surface area contributed by atoms with E-state index < -0.39 is 17.6 Å². The molecule has 0 aliphatic heterocycles. The van der Waals surface area contributed by atoms with E-state index in [1.165, 1.54) is 18.2 Å². The Bertz CT molecular complexity index is 487. The third kappa shape index (κ3) is 6.20. The lowest BCUT2D eigenvalue weighted by molar-refractivity contribution is -0.130. The Morgan fingerprint density at radius 1 is 1.33 bits per heavy atom. The van der Waals surface area contributed by atoms with Crippen LogP contribution in [0, 0.1) is 0 Å². The molecule has 0 saturated carbocycles. The van der Waals surface area contributed by atoms with E-state index in [2.05, 4.69) is 5.32 Å². The average Bonchev–Trinajstić information content (AvgIpc) is 2.32. The van der Waals surface area contributed by atoms with Crippen molar-refractivity contribution in [2.24, 2.45) is 0 Å². The molecule has 0 radical (unpaired) electrons. The van der Waals surface area contributed by atoms with Crippen molar-refractivity contribution in [1.29, 1.82) is 0 Å². The van der Waals surface area contributed by atoms with Crippen LogP contribution in [0.25, 0.3) is 0 Å². The van der Waals surface area contributed by atoms with Gasteiger partial charge in [-0.15, -0.1) is 0 Å². The van der Waals surface area contributed by atoms with Gasteiger partial charge in [0.15, 0.2) is 6.10 Å². The van der Waals surface area contributed by atoms with Crippen LogP contribution in [0.5, 0.6) is 0 Å². The molecule has 0 heterocycles. The number of carbonyl (C=O) groups excluding carboxylic acids is 1. The molecule has 1 aromatic carbocycles. The molecule has 21 heavy (non-hydrogen) atoms. The second-order valence-electron chi connectivity index (χ2n) is 5.56. The van der Waals surface area contributed by atoms with Crippen molar-refractivity contribution in [2.45, 2.75) is 18.6 Å². The molecule has 0 aliphatic rings. The molecule has 1 rings (SSSR count). The molecule has 1 amide bonds. The standard InChI is InChI=1S/C14H20Cl2N2O3/c1-14(21,8-18(2)3)7-17-13(20)12(19)9-4-10(15)6-11(16)5-9/h4-6,12,19,21H,7-8H2,1-3H3,(H,17,20). The van der Waals surface area contributed by atoms with Gasteiger partial charge in [-0.25, -0.2) is 0 Å². The van der Waals surface area contributed by atoms with Crippen molar-refractivity contribution in [3.8, 4) is 0 Å². The van der Waals surface area contributed by atoms with Crippen molar-refractivity contribution in [2.75, 3.05) is 27.2 Å². The second kappa shape index (κ2) is 7.42. The fourth-order valence-corrected chi connectivity index (χ4v) is 2.54. The summed E-state index contributed by atoms with van der Waals surface area (Å²) in [4.78, 5) is 13.7. The van der Waals surface area contributed by atoms with Gasteiger partial charge in [-0.05, 0) is 44.8 Å². The molecule has 0 spiro atoms. The van der Waals surface area contributed by atoms with Crippen LogP contribution < -0.4 is 5.32 Å². The van der Waals surface area contributed by atoms with E-state index in [0.717, 1.165) is 0 Å². The monoisotopic (exact) mass is 334 g/mol. The van der Waals surface area contributed by atoms with Crippen LogP contribution in [-0.2, 0) is 4.79 Å². The third-order valence-corrected chi connectivity index (χ3v) is 3.19. The van der Waals surface area contributed by atoms with Crippen LogP contribution in [0.1, 0.15) is 18.6 Å². The molecule has 0 saturated heterocycles. The van der Waals surface area contributed by atoms with Crippen LogP contribution in [-0.4, -0.2) is 53.8 Å². The zero-order valence-corrected chi connectivity index (χ0v) is 13.7. The SMILES string of the molecule is CN(C)CC(C)(O)CNC(=O)C(O)c1cc(Cl)cc(Cl)c1. The summed E-state index contributed by atoms with van der Waals surface area (Å²) in [6.07, 6.45) is -1.39. The van der Waals surface area contributed by atoms with Gasteiger partial charge < -0.3 is 20.4 Å². The number of amides is 1. The molecule has 0 aromatic heterocycles. The van der Waals surface area contributed by atoms with Crippen molar-refractivity contribution < 1.29 is 15.0 Å². The number of aliphatic hydroxyl groups excluding tert-OH is 1. The van der Waals surface area contributed by atoms with E-state index >= 15 is 0 Å². The maximum absolute atomic E-state index is 11.9. The second-order valence-corrected chi connectivity index (χ2v) is 6.43. The first-order valence-electron chi connectivity index (χ1n) is 6.39. The molecule has 5 nitrogen and oxygen atoms in total. The zero-order valence-electron chi connectivity index (χ0n) is 12.2. The first-order valence-corrected chi connectivity index (χ1v) is 7.15. The molecule has 7 heteroatoms. The summed E-state index contributed by atoms with van der Waals surface area (Å²) in [6, 6.07) is 4.45. The molecular formula is C14H20Cl2N2O3. The Kier molecular flexibility index (Phi) is 6.43. The highest BCUT2D eigenvalue weighted by Gasteiger charge is 2.25. The minimum Gasteiger partial charge on any atom is -0.387 e. The normalized spacial score (nSPS) is 15.6. The van der Waals surface area contributed by atoms with Gasteiger partial charge in [-0.1, -0.05) is 23.2 Å². The Hall–Kier alpha value is -0.850. The van der Waals surface area contributed by atoms with Crippen LogP contribution in [0.15, 0.2) is 18.2 Å². The van der Waals surface area contributed by atoms with E-state index in [1.54, 1.807) is 11.8 Å². The van der Waals surface area contributed by atoms with Gasteiger partial charge in [-0.2, -0.15) is 0 Å². The van der Waals surface area contributed by atoms with Crippen molar-refractivity contribution in [3.05, 3.63) is 33.8 Å². The molecule has 0 fully saturated rings. The number of rotatable bonds is 6. The number of aliphatic hydroxyl groups is 2. The van der Waals surface area contributed by atoms with Crippen molar-refractivity contribution in [3.63, 3.8) is 0 Å². The number of nitrogens with zero attached hydrogens (tertiary/aromatic N) is 1. The third-order valence-electron chi connectivity index (χ3n) is 2.75. The molecular weight excluding hydrogens is 315 g/mol. The first-order chi connectivity index (χ1) is 9.60. The van der Waals surface area contributed by atoms with Gasteiger partial charge in [0.2, 0.25) is 0 Å². The average molecular weight is 335 g/mol. The molecule has 0 bridgehead atoms. The van der Waals surface area contributed by atoms with Gasteiger partial charge in [0.1, 0.15) is 0 Å². The van der Waals surface area contributed by atoms with Gasteiger partial charge >= 0.3 is 0 Å². The Labute approximate surface area is 134 Å². The maximum atomic E-state index is 11.9. The molecule has 1 aromatic rings. The molecule has 2 unspecified atom stereocenters. The van der Waals surface area contributed by atoms with Crippen LogP contribution in [0.4, 0.5) is 0 Å². The fourth-order valence-electron chi connectivity index (χ4n) is 2.00. The van der Waals surface area contributed by atoms with Crippen LogP contribution >= 0.6 is 23.2 Å². The molecule has 3 N–H and O–H groups in total. The topological polar surface area (TPSA) is 72.8 Å². The quantitative estimate of drug-likeness (QED) is 0.736. The molecule has 0 aliphatic carbocycles. The maximum Gasteiger partial charge on any atom is 0.253 e. The van der Waals surface area contributed by atoms with Gasteiger partial charge in [0.05, 0.1) is 5.60 Å². The number of carbonyl (C=O) groups is 1. The minimum absolute atomic E-state index is 0.0232. The molecule has 2 atom stereocenters. The van der Waals surface area contributed by atoms with Crippen LogP contribution in [0.3, 0.4) is 0 Å². The van der Waals surface area contributed by atoms with Crippen LogP contribution in [0.2, 0.25) is 10.0 Å². The number of hydrogen-bond acceptors (Lipinski definition) is 4. The van der Waals surface area contributed by atoms with E-state index in [1.807, 2.05) is 14.1 Å². The van der Waals surface area contributed by atoms with Gasteiger partial charge in [-0.3, -0.25) is 4.79 Å². The number of likely N-dealkylation sites (N-methyl/N-ethyl adjacent to an activating group) is 1. The van der Waals surface area contributed by atoms with E-state index in [9.17, 15) is 15.0 Å². The number of hydrogen-bond donors (Lipinski definition) is 3. The van der Waals surface area contributed by atoms with Crippen molar-refractivity contribution in [1.82, 2.24) is 10.2 Å². The van der Waals surface area contributed by atoms with E-state index in [-0.39, 0.29) is 6.54 Å². The summed E-state index contributed by atoms with van der Waals surface area (Å²) < 4.78 is 0. The number of benzene rings is 1. The summed E-state index contributed by atoms with van der Waals surface area (Å²) in [5.74, 6) is -0.618. The Morgan fingerprint density at radius 3 is 2.33 bits per heavy atom. The Balaban J connectivity index is 2.67. The highest BCUT2D eigenvalue weighted by atomic mass is 35.5. The highest BCUT2D eigenvalue weighted by Crippen LogP contribution is 2.23. The predicted molar refractivity (Wildman–Crippen MR) is 83.6 cm³/mol. The summed E-state index contributed by atoms with van der Waals surface area (Å²) >= 11 is 11.7. The summed E-state index contributed by atoms with van der Waals surface area (Å²) in [5, 5.41) is 23.3. The first kappa shape index (κ1) is 18.2. The highest BCUT2D eigenvalue weighted by molar-refractivity contribution is 6.34. The summed E-state index contributed by atoms with van der Waals surface area (Å²) in [5.41, 5.74) is -0.789.